The molecule has 10 aromatic rings. The summed E-state index contributed by atoms with van der Waals surface area (Å²) in [5.41, 5.74) is 13.9. The molecule has 0 radical (unpaired) electrons. The predicted octanol–water partition coefficient (Wildman–Crippen LogP) is 12.0. The van der Waals surface area contributed by atoms with Crippen LogP contribution in [-0.4, -0.2) is 4.40 Å². The molecule has 0 saturated heterocycles. The van der Waals surface area contributed by atoms with Gasteiger partial charge < -0.3 is 8.82 Å². The number of nitrogens with zero attached hydrogens (tertiary/aromatic N) is 3. The standard InChI is InChI=1S/C53H43N3O/c1-52-26-14-19-34-17-5-6-20-36(34)43-22-10-12-28-55(43)53(52,2)42-32-46-38(30-40(42)44-23-9-11-27-54(44)52)39-31-41-48-35(29-33-15-3-4-16-33)18-13-25-47(48)57-51(41)49-37-21-7-8-24-45(37)56(46)50(39)49/h5-14,17-18,20-28,30-33H,3-4,15-16,19,29H2,1-2H3/q+2/b26-14+. The van der Waals surface area contributed by atoms with Crippen LogP contribution in [0.15, 0.2) is 150 Å². The SMILES string of the molecule is CC12/C=C/Cc3ccccc3-c3cccc[n+]3C1(C)c1cc3c(cc1-c1cccc[n+]12)c1cc2c(oc4cccc(CC5CCCC5)c42)c2c4ccccc4n3c12. The minimum Gasteiger partial charge on any atom is -0.455 e. The number of hydrogen-bond acceptors (Lipinski definition) is 1. The molecule has 5 aromatic heterocycles. The number of rotatable bonds is 2. The van der Waals surface area contributed by atoms with E-state index in [4.69, 9.17) is 4.42 Å². The number of hydrogen-bond donors (Lipinski definition) is 0. The first kappa shape index (κ1) is 31.9. The molecular weight excluding hydrogens is 695 g/mol. The maximum absolute atomic E-state index is 7.00. The predicted molar refractivity (Wildman–Crippen MR) is 231 cm³/mol. The Morgan fingerprint density at radius 2 is 1.44 bits per heavy atom. The first-order valence-electron chi connectivity index (χ1n) is 20.9. The van der Waals surface area contributed by atoms with Gasteiger partial charge in [0.1, 0.15) is 11.2 Å². The fourth-order valence-corrected chi connectivity index (χ4v) is 11.9. The van der Waals surface area contributed by atoms with E-state index in [2.05, 4.69) is 173 Å². The van der Waals surface area contributed by atoms with E-state index in [1.165, 1.54) is 114 Å². The van der Waals surface area contributed by atoms with Gasteiger partial charge in [0.05, 0.1) is 27.5 Å². The lowest BCUT2D eigenvalue weighted by molar-refractivity contribution is -0.851. The summed E-state index contributed by atoms with van der Waals surface area (Å²) in [4.78, 5) is 0. The van der Waals surface area contributed by atoms with Crippen LogP contribution in [0.5, 0.6) is 0 Å². The Morgan fingerprint density at radius 1 is 0.667 bits per heavy atom. The second kappa shape index (κ2) is 11.2. The number of para-hydroxylation sites is 1. The molecule has 274 valence electrons. The Kier molecular flexibility index (Phi) is 6.26. The number of benzene rings is 5. The van der Waals surface area contributed by atoms with E-state index < -0.39 is 11.1 Å². The van der Waals surface area contributed by atoms with Crippen LogP contribution in [0.3, 0.4) is 0 Å². The first-order chi connectivity index (χ1) is 28.0. The molecule has 0 spiro atoms. The van der Waals surface area contributed by atoms with Crippen molar-refractivity contribution >= 4 is 60.0 Å². The molecule has 7 heterocycles. The molecule has 2 unspecified atom stereocenters. The molecule has 13 rings (SSSR count). The highest BCUT2D eigenvalue weighted by atomic mass is 16.3. The fraction of sp³-hybridized carbons (Fsp3) is 0.208. The summed E-state index contributed by atoms with van der Waals surface area (Å²) in [6, 6.07) is 45.6. The van der Waals surface area contributed by atoms with E-state index in [1.54, 1.807) is 0 Å². The van der Waals surface area contributed by atoms with Crippen molar-refractivity contribution in [1.82, 2.24) is 4.40 Å². The van der Waals surface area contributed by atoms with Crippen LogP contribution in [0.4, 0.5) is 0 Å². The van der Waals surface area contributed by atoms with Crippen molar-refractivity contribution in [3.05, 3.63) is 163 Å². The van der Waals surface area contributed by atoms with Crippen molar-refractivity contribution in [2.75, 3.05) is 0 Å². The zero-order valence-electron chi connectivity index (χ0n) is 32.4. The quantitative estimate of drug-likeness (QED) is 0.128. The van der Waals surface area contributed by atoms with E-state index in [9.17, 15) is 0 Å². The number of furan rings is 1. The lowest BCUT2D eigenvalue weighted by Gasteiger charge is -2.41. The van der Waals surface area contributed by atoms with Crippen molar-refractivity contribution < 1.29 is 13.6 Å². The van der Waals surface area contributed by atoms with Gasteiger partial charge in [0, 0.05) is 76.2 Å². The summed E-state index contributed by atoms with van der Waals surface area (Å²) in [7, 11) is 0. The molecule has 2 aliphatic heterocycles. The first-order valence-corrected chi connectivity index (χ1v) is 20.9. The Bertz CT molecular complexity index is 3360. The van der Waals surface area contributed by atoms with Crippen LogP contribution >= 0.6 is 0 Å². The minimum absolute atomic E-state index is 0.443. The highest BCUT2D eigenvalue weighted by Gasteiger charge is 2.65. The lowest BCUT2D eigenvalue weighted by Crippen LogP contribution is -2.77. The van der Waals surface area contributed by atoms with Crippen LogP contribution in [-0.2, 0) is 23.9 Å². The summed E-state index contributed by atoms with van der Waals surface area (Å²) < 4.78 is 14.7. The normalized spacial score (nSPS) is 21.1. The third kappa shape index (κ3) is 3.98. The smallest absolute Gasteiger partial charge is 0.259 e. The molecule has 1 fully saturated rings. The monoisotopic (exact) mass is 737 g/mol. The molecule has 5 aromatic carbocycles. The summed E-state index contributed by atoms with van der Waals surface area (Å²) in [6.07, 6.45) is 16.9. The summed E-state index contributed by atoms with van der Waals surface area (Å²) >= 11 is 0. The number of aromatic nitrogens is 3. The van der Waals surface area contributed by atoms with Gasteiger partial charge in [0.2, 0.25) is 11.4 Å². The van der Waals surface area contributed by atoms with E-state index in [0.29, 0.717) is 0 Å². The molecule has 2 atom stereocenters. The maximum atomic E-state index is 7.00. The van der Waals surface area contributed by atoms with Crippen molar-refractivity contribution in [3.63, 3.8) is 0 Å². The van der Waals surface area contributed by atoms with Gasteiger partial charge in [-0.05, 0) is 84.5 Å². The average molecular weight is 738 g/mol. The van der Waals surface area contributed by atoms with Gasteiger partial charge >= 0.3 is 0 Å². The van der Waals surface area contributed by atoms with Gasteiger partial charge in [-0.15, -0.1) is 0 Å². The van der Waals surface area contributed by atoms with Gasteiger partial charge in [-0.25, -0.2) is 0 Å². The largest absolute Gasteiger partial charge is 0.455 e. The van der Waals surface area contributed by atoms with Gasteiger partial charge in [-0.1, -0.05) is 80.3 Å². The zero-order chi connectivity index (χ0) is 37.6. The van der Waals surface area contributed by atoms with Crippen LogP contribution in [0.2, 0.25) is 0 Å². The van der Waals surface area contributed by atoms with E-state index in [1.807, 2.05) is 0 Å². The topological polar surface area (TPSA) is 25.3 Å². The molecule has 1 aliphatic carbocycles. The average Bonchev–Trinajstić information content (AvgIpc) is 4.04. The highest BCUT2D eigenvalue weighted by molar-refractivity contribution is 6.33. The second-order valence-corrected chi connectivity index (χ2v) is 17.4. The molecule has 0 amide bonds. The molecule has 0 bridgehead atoms. The molecular formula is C53H43N3O+2. The highest BCUT2D eigenvalue weighted by Crippen LogP contribution is 2.51. The Morgan fingerprint density at radius 3 is 2.32 bits per heavy atom. The van der Waals surface area contributed by atoms with Gasteiger partial charge in [0.25, 0.3) is 11.1 Å². The molecule has 57 heavy (non-hydrogen) atoms. The molecule has 0 N–H and O–H groups in total. The molecule has 4 nitrogen and oxygen atoms in total. The summed E-state index contributed by atoms with van der Waals surface area (Å²) in [5, 5.41) is 7.60. The number of allylic oxidation sites excluding steroid dienone is 2. The molecule has 1 saturated carbocycles. The third-order valence-electron chi connectivity index (χ3n) is 14.7. The number of pyridine rings is 2. The van der Waals surface area contributed by atoms with Crippen molar-refractivity contribution in [3.8, 4) is 22.5 Å². The van der Waals surface area contributed by atoms with E-state index in [-0.39, 0.29) is 0 Å². The third-order valence-corrected chi connectivity index (χ3v) is 14.7. The number of fused-ring (bicyclic) bond motifs is 20. The van der Waals surface area contributed by atoms with Crippen molar-refractivity contribution in [2.24, 2.45) is 5.92 Å². The van der Waals surface area contributed by atoms with Crippen molar-refractivity contribution in [2.45, 2.75) is 63.5 Å². The summed E-state index contributed by atoms with van der Waals surface area (Å²) in [5.74, 6) is 0.752. The van der Waals surface area contributed by atoms with Gasteiger partial charge in [0.15, 0.2) is 12.4 Å². The fourth-order valence-electron chi connectivity index (χ4n) is 11.9. The van der Waals surface area contributed by atoms with E-state index >= 15 is 0 Å². The minimum atomic E-state index is -0.517. The molecule has 4 heteroatoms. The van der Waals surface area contributed by atoms with Crippen LogP contribution in [0, 0.1) is 5.92 Å². The van der Waals surface area contributed by atoms with E-state index in [0.717, 1.165) is 29.9 Å². The maximum Gasteiger partial charge on any atom is 0.259 e. The Balaban J connectivity index is 1.19. The van der Waals surface area contributed by atoms with Gasteiger partial charge in [-0.3, -0.25) is 0 Å². The lowest BCUT2D eigenvalue weighted by atomic mass is 9.68. The van der Waals surface area contributed by atoms with Crippen LogP contribution < -0.4 is 9.13 Å². The van der Waals surface area contributed by atoms with Crippen LogP contribution in [0.1, 0.15) is 56.2 Å². The van der Waals surface area contributed by atoms with Crippen LogP contribution in [0.25, 0.3) is 82.5 Å². The zero-order valence-corrected chi connectivity index (χ0v) is 32.4. The summed E-state index contributed by atoms with van der Waals surface area (Å²) in [6.45, 7) is 4.91. The van der Waals surface area contributed by atoms with Crippen molar-refractivity contribution in [1.29, 1.82) is 0 Å². The Labute approximate surface area is 331 Å². The molecule has 3 aliphatic rings. The Hall–Kier alpha value is -6.26. The van der Waals surface area contributed by atoms with Gasteiger partial charge in [-0.2, -0.15) is 9.13 Å². The second-order valence-electron chi connectivity index (χ2n) is 17.4.